The molecule has 0 fully saturated rings. The fourth-order valence-electron chi connectivity index (χ4n) is 3.20. The Kier molecular flexibility index (Phi) is 4.51. The number of aryl methyl sites for hydroxylation is 1. The summed E-state index contributed by atoms with van der Waals surface area (Å²) in [6, 6.07) is 10.2. The average Bonchev–Trinajstić information content (AvgIpc) is 3.24. The first-order valence-electron chi connectivity index (χ1n) is 8.43. The van der Waals surface area contributed by atoms with Gasteiger partial charge in [0.15, 0.2) is 0 Å². The summed E-state index contributed by atoms with van der Waals surface area (Å²) in [7, 11) is 0. The van der Waals surface area contributed by atoms with Crippen molar-refractivity contribution in [1.29, 1.82) is 0 Å². The lowest BCUT2D eigenvalue weighted by molar-refractivity contribution is -0.116. The zero-order chi connectivity index (χ0) is 18.1. The van der Waals surface area contributed by atoms with Crippen LogP contribution in [0, 0.1) is 18.7 Å². The first-order chi connectivity index (χ1) is 12.6. The predicted octanol–water partition coefficient (Wildman–Crippen LogP) is 4.88. The molecule has 132 valence electrons. The van der Waals surface area contributed by atoms with Crippen LogP contribution in [0.4, 0.5) is 10.1 Å². The second kappa shape index (κ2) is 6.96. The fourth-order valence-corrected chi connectivity index (χ4v) is 4.12. The van der Waals surface area contributed by atoms with Gasteiger partial charge in [-0.2, -0.15) is 5.10 Å². The number of anilines is 1. The highest BCUT2D eigenvalue weighted by Gasteiger charge is 2.16. The maximum absolute atomic E-state index is 13.6. The maximum Gasteiger partial charge on any atom is 0.224 e. The number of hydrogen-bond donors (Lipinski definition) is 2. The lowest BCUT2D eigenvalue weighted by atomic mass is 10.0. The van der Waals surface area contributed by atoms with E-state index in [1.165, 1.54) is 12.1 Å². The van der Waals surface area contributed by atoms with E-state index in [1.54, 1.807) is 17.8 Å². The van der Waals surface area contributed by atoms with Crippen LogP contribution in [0.15, 0.2) is 47.9 Å². The van der Waals surface area contributed by atoms with Gasteiger partial charge in [-0.1, -0.05) is 18.2 Å². The molecule has 1 aromatic heterocycles. The van der Waals surface area contributed by atoms with E-state index in [0.717, 1.165) is 27.9 Å². The molecule has 3 aromatic rings. The number of carbonyl (C=O) groups excluding carboxylic acids is 1. The summed E-state index contributed by atoms with van der Waals surface area (Å²) >= 11 is 1.73. The summed E-state index contributed by atoms with van der Waals surface area (Å²) in [6.07, 6.45) is 2.56. The Morgan fingerprint density at radius 2 is 2.27 bits per heavy atom. The minimum absolute atomic E-state index is 0.00306. The minimum Gasteiger partial charge on any atom is -0.326 e. The van der Waals surface area contributed by atoms with E-state index >= 15 is 0 Å². The Balaban J connectivity index is 1.65. The topological polar surface area (TPSA) is 57.8 Å². The Morgan fingerprint density at radius 3 is 3.04 bits per heavy atom. The van der Waals surface area contributed by atoms with Gasteiger partial charge in [0.1, 0.15) is 11.5 Å². The molecule has 0 saturated heterocycles. The SMILES string of the molecule is Cc1cc(NC(=O)CC2C=CSC2)cc2c(-c3cccc(F)c3)n[nH]c12. The molecular weight excluding hydrogens is 349 g/mol. The predicted molar refractivity (Wildman–Crippen MR) is 105 cm³/mol. The number of rotatable bonds is 4. The quantitative estimate of drug-likeness (QED) is 0.691. The molecule has 0 aliphatic carbocycles. The van der Waals surface area contributed by atoms with Crippen molar-refractivity contribution in [3.05, 3.63) is 59.3 Å². The lowest BCUT2D eigenvalue weighted by Gasteiger charge is -2.10. The number of carbonyl (C=O) groups is 1. The van der Waals surface area contributed by atoms with Gasteiger partial charge in [0.05, 0.1) is 5.52 Å². The number of allylic oxidation sites excluding steroid dienone is 1. The molecule has 0 saturated carbocycles. The number of hydrogen-bond acceptors (Lipinski definition) is 3. The Morgan fingerprint density at radius 1 is 1.38 bits per heavy atom. The third kappa shape index (κ3) is 3.37. The number of benzene rings is 2. The van der Waals surface area contributed by atoms with Crippen LogP contribution in [0.5, 0.6) is 0 Å². The first-order valence-corrected chi connectivity index (χ1v) is 9.48. The van der Waals surface area contributed by atoms with Gasteiger partial charge in [0.2, 0.25) is 5.91 Å². The van der Waals surface area contributed by atoms with Crippen LogP contribution in [0.25, 0.3) is 22.2 Å². The van der Waals surface area contributed by atoms with E-state index < -0.39 is 0 Å². The molecular formula is C20H18FN3OS. The molecule has 1 amide bonds. The number of fused-ring (bicyclic) bond motifs is 1. The van der Waals surface area contributed by atoms with Crippen molar-refractivity contribution in [2.24, 2.45) is 5.92 Å². The molecule has 4 nitrogen and oxygen atoms in total. The van der Waals surface area contributed by atoms with E-state index in [-0.39, 0.29) is 11.7 Å². The van der Waals surface area contributed by atoms with E-state index in [2.05, 4.69) is 21.6 Å². The number of aromatic nitrogens is 2. The van der Waals surface area contributed by atoms with Gasteiger partial charge < -0.3 is 5.32 Å². The van der Waals surface area contributed by atoms with Crippen LogP contribution >= 0.6 is 11.8 Å². The normalized spacial score (nSPS) is 16.3. The van der Waals surface area contributed by atoms with Gasteiger partial charge in [0.25, 0.3) is 0 Å². The second-order valence-corrected chi connectivity index (χ2v) is 7.41. The van der Waals surface area contributed by atoms with E-state index in [4.69, 9.17) is 0 Å². The Bertz CT molecular complexity index is 1010. The number of nitrogens with one attached hydrogen (secondary N) is 2. The van der Waals surface area contributed by atoms with Gasteiger partial charge in [-0.25, -0.2) is 4.39 Å². The van der Waals surface area contributed by atoms with Gasteiger partial charge in [-0.15, -0.1) is 11.8 Å². The molecule has 1 atom stereocenters. The molecule has 4 rings (SSSR count). The largest absolute Gasteiger partial charge is 0.326 e. The standard InChI is InChI=1S/C20H18FN3OS/c1-12-7-16(22-18(25)8-13-5-6-26-11-13)10-17-19(12)23-24-20(17)14-3-2-4-15(21)9-14/h2-7,9-10,13H,8,11H2,1H3,(H,22,25)(H,23,24). The number of aromatic amines is 1. The number of halogens is 1. The van der Waals surface area contributed by atoms with Gasteiger partial charge >= 0.3 is 0 Å². The molecule has 0 bridgehead atoms. The highest BCUT2D eigenvalue weighted by Crippen LogP contribution is 2.31. The van der Waals surface area contributed by atoms with Crippen LogP contribution in [-0.2, 0) is 4.79 Å². The number of nitrogens with zero attached hydrogens (tertiary/aromatic N) is 1. The van der Waals surface area contributed by atoms with Crippen molar-refractivity contribution in [3.63, 3.8) is 0 Å². The summed E-state index contributed by atoms with van der Waals surface area (Å²) in [5, 5.41) is 13.3. The summed E-state index contributed by atoms with van der Waals surface area (Å²) in [5.74, 6) is 0.942. The Labute approximate surface area is 154 Å². The van der Waals surface area contributed by atoms with Gasteiger partial charge in [-0.05, 0) is 48.1 Å². The zero-order valence-electron chi connectivity index (χ0n) is 14.3. The summed E-state index contributed by atoms with van der Waals surface area (Å²) in [5.41, 5.74) is 3.97. The van der Waals surface area contributed by atoms with Crippen LogP contribution in [-0.4, -0.2) is 21.9 Å². The van der Waals surface area contributed by atoms with Crippen molar-refractivity contribution in [1.82, 2.24) is 10.2 Å². The maximum atomic E-state index is 13.6. The molecule has 1 aliphatic rings. The molecule has 1 aliphatic heterocycles. The zero-order valence-corrected chi connectivity index (χ0v) is 15.1. The number of amides is 1. The van der Waals surface area contributed by atoms with Crippen LogP contribution < -0.4 is 5.32 Å². The molecule has 6 heteroatoms. The average molecular weight is 367 g/mol. The van der Waals surface area contributed by atoms with Crippen LogP contribution in [0.2, 0.25) is 0 Å². The third-order valence-electron chi connectivity index (χ3n) is 4.46. The second-order valence-electron chi connectivity index (χ2n) is 6.47. The van der Waals surface area contributed by atoms with E-state index in [9.17, 15) is 9.18 Å². The molecule has 0 radical (unpaired) electrons. The van der Waals surface area contributed by atoms with Gasteiger partial charge in [-0.3, -0.25) is 9.89 Å². The van der Waals surface area contributed by atoms with E-state index in [0.29, 0.717) is 23.6 Å². The number of thioether (sulfide) groups is 1. The summed E-state index contributed by atoms with van der Waals surface area (Å²) in [4.78, 5) is 12.3. The third-order valence-corrected chi connectivity index (χ3v) is 5.43. The van der Waals surface area contributed by atoms with Crippen molar-refractivity contribution in [3.8, 4) is 11.3 Å². The van der Waals surface area contributed by atoms with Gasteiger partial charge in [0, 0.05) is 28.8 Å². The lowest BCUT2D eigenvalue weighted by Crippen LogP contribution is -2.15. The van der Waals surface area contributed by atoms with Crippen molar-refractivity contribution >= 4 is 34.3 Å². The summed E-state index contributed by atoms with van der Waals surface area (Å²) < 4.78 is 13.6. The highest BCUT2D eigenvalue weighted by molar-refractivity contribution is 8.02. The van der Waals surface area contributed by atoms with Crippen LogP contribution in [0.1, 0.15) is 12.0 Å². The number of H-pyrrole nitrogens is 1. The molecule has 1 unspecified atom stereocenters. The minimum atomic E-state index is -0.303. The smallest absolute Gasteiger partial charge is 0.224 e. The Hall–Kier alpha value is -2.60. The molecule has 26 heavy (non-hydrogen) atoms. The molecule has 0 spiro atoms. The molecule has 2 heterocycles. The van der Waals surface area contributed by atoms with Crippen molar-refractivity contribution in [2.45, 2.75) is 13.3 Å². The fraction of sp³-hybridized carbons (Fsp3) is 0.200. The summed E-state index contributed by atoms with van der Waals surface area (Å²) in [6.45, 7) is 1.96. The molecule has 2 aromatic carbocycles. The first kappa shape index (κ1) is 16.8. The molecule has 2 N–H and O–H groups in total. The van der Waals surface area contributed by atoms with Crippen molar-refractivity contribution < 1.29 is 9.18 Å². The highest BCUT2D eigenvalue weighted by atomic mass is 32.2. The monoisotopic (exact) mass is 367 g/mol. The van der Waals surface area contributed by atoms with E-state index in [1.807, 2.05) is 30.5 Å². The van der Waals surface area contributed by atoms with Crippen molar-refractivity contribution in [2.75, 3.05) is 11.1 Å². The van der Waals surface area contributed by atoms with Crippen LogP contribution in [0.3, 0.4) is 0 Å².